The average molecular weight is 260 g/mol. The number of carbonyl (C=O) groups is 2. The van der Waals surface area contributed by atoms with Crippen molar-refractivity contribution in [3.8, 4) is 0 Å². The van der Waals surface area contributed by atoms with E-state index >= 15 is 0 Å². The summed E-state index contributed by atoms with van der Waals surface area (Å²) in [5, 5.41) is 2.73. The van der Waals surface area contributed by atoms with Crippen LogP contribution in [0.3, 0.4) is 0 Å². The van der Waals surface area contributed by atoms with Crippen molar-refractivity contribution in [1.82, 2.24) is 10.2 Å². The van der Waals surface area contributed by atoms with Crippen LogP contribution in [0.5, 0.6) is 0 Å². The fourth-order valence-corrected chi connectivity index (χ4v) is 2.45. The molecule has 2 atom stereocenters. The topological polar surface area (TPSA) is 49.4 Å². The molecule has 2 amide bonds. The monoisotopic (exact) mass is 260 g/mol. The van der Waals surface area contributed by atoms with E-state index in [1.54, 1.807) is 4.90 Å². The van der Waals surface area contributed by atoms with Gasteiger partial charge in [0.15, 0.2) is 0 Å². The number of hydrogen-bond donors (Lipinski definition) is 1. The molecular formula is C15H20N2O2. The molecule has 0 aliphatic carbocycles. The molecule has 0 bridgehead atoms. The first-order valence-corrected chi connectivity index (χ1v) is 6.75. The van der Waals surface area contributed by atoms with Crippen LogP contribution < -0.4 is 5.32 Å². The number of amides is 2. The van der Waals surface area contributed by atoms with Gasteiger partial charge in [0, 0.05) is 6.04 Å². The van der Waals surface area contributed by atoms with Gasteiger partial charge in [-0.1, -0.05) is 37.3 Å². The van der Waals surface area contributed by atoms with Gasteiger partial charge in [0.25, 0.3) is 0 Å². The Morgan fingerprint density at radius 1 is 1.32 bits per heavy atom. The summed E-state index contributed by atoms with van der Waals surface area (Å²) in [6.45, 7) is 4.08. The van der Waals surface area contributed by atoms with Crippen molar-refractivity contribution in [1.29, 1.82) is 0 Å². The van der Waals surface area contributed by atoms with Crippen LogP contribution in [-0.4, -0.2) is 35.3 Å². The van der Waals surface area contributed by atoms with Crippen molar-refractivity contribution in [2.75, 3.05) is 6.54 Å². The summed E-state index contributed by atoms with van der Waals surface area (Å²) in [5.74, 6) is -0.0307. The Bertz CT molecular complexity index is 458. The second kappa shape index (κ2) is 5.87. The average Bonchev–Trinajstić information content (AvgIpc) is 2.42. The number of nitrogens with zero attached hydrogens (tertiary/aromatic N) is 1. The molecule has 1 aromatic rings. The molecule has 0 saturated carbocycles. The van der Waals surface area contributed by atoms with Crippen LogP contribution in [0, 0.1) is 0 Å². The molecule has 1 aromatic carbocycles. The predicted octanol–water partition coefficient (Wildman–Crippen LogP) is 1.35. The Hall–Kier alpha value is -1.84. The van der Waals surface area contributed by atoms with Crippen LogP contribution >= 0.6 is 0 Å². The molecule has 1 aliphatic heterocycles. The van der Waals surface area contributed by atoms with Gasteiger partial charge in [-0.25, -0.2) is 0 Å². The smallest absolute Gasteiger partial charge is 0.245 e. The second-order valence-corrected chi connectivity index (χ2v) is 5.03. The molecule has 1 aliphatic rings. The molecular weight excluding hydrogens is 240 g/mol. The zero-order chi connectivity index (χ0) is 13.8. The molecule has 19 heavy (non-hydrogen) atoms. The van der Waals surface area contributed by atoms with Gasteiger partial charge in [0.2, 0.25) is 11.8 Å². The molecule has 2 rings (SSSR count). The third-order valence-corrected chi connectivity index (χ3v) is 3.54. The number of carbonyl (C=O) groups excluding carboxylic acids is 2. The van der Waals surface area contributed by atoms with Gasteiger partial charge in [0.1, 0.15) is 6.04 Å². The van der Waals surface area contributed by atoms with E-state index in [4.69, 9.17) is 0 Å². The maximum absolute atomic E-state index is 12.2. The first-order valence-electron chi connectivity index (χ1n) is 6.75. The largest absolute Gasteiger partial charge is 0.343 e. The van der Waals surface area contributed by atoms with Gasteiger partial charge in [-0.3, -0.25) is 9.59 Å². The van der Waals surface area contributed by atoms with Crippen LogP contribution in [0.15, 0.2) is 30.3 Å². The van der Waals surface area contributed by atoms with E-state index in [1.807, 2.05) is 44.2 Å². The third kappa shape index (κ3) is 3.13. The summed E-state index contributed by atoms with van der Waals surface area (Å²) >= 11 is 0. The lowest BCUT2D eigenvalue weighted by atomic mass is 10.0. The molecule has 1 N–H and O–H groups in total. The number of rotatable bonds is 4. The highest BCUT2D eigenvalue weighted by Crippen LogP contribution is 2.13. The lowest BCUT2D eigenvalue weighted by Gasteiger charge is -2.36. The van der Waals surface area contributed by atoms with E-state index in [-0.39, 0.29) is 30.4 Å². The van der Waals surface area contributed by atoms with Gasteiger partial charge >= 0.3 is 0 Å². The summed E-state index contributed by atoms with van der Waals surface area (Å²) in [6.07, 6.45) is 1.41. The summed E-state index contributed by atoms with van der Waals surface area (Å²) in [6, 6.07) is 9.71. The number of benzene rings is 1. The van der Waals surface area contributed by atoms with Crippen molar-refractivity contribution in [3.05, 3.63) is 35.9 Å². The van der Waals surface area contributed by atoms with Crippen molar-refractivity contribution in [2.45, 2.75) is 38.8 Å². The fraction of sp³-hybridized carbons (Fsp3) is 0.467. The summed E-state index contributed by atoms with van der Waals surface area (Å²) in [7, 11) is 0. The molecule has 4 nitrogen and oxygen atoms in total. The van der Waals surface area contributed by atoms with Crippen LogP contribution in [0.25, 0.3) is 0 Å². The van der Waals surface area contributed by atoms with Crippen molar-refractivity contribution < 1.29 is 9.59 Å². The van der Waals surface area contributed by atoms with Gasteiger partial charge in [0.05, 0.1) is 6.54 Å². The van der Waals surface area contributed by atoms with Crippen LogP contribution in [0.2, 0.25) is 0 Å². The molecule has 4 heteroatoms. The zero-order valence-electron chi connectivity index (χ0n) is 11.4. The van der Waals surface area contributed by atoms with E-state index in [0.717, 1.165) is 6.42 Å². The van der Waals surface area contributed by atoms with Crippen molar-refractivity contribution in [3.63, 3.8) is 0 Å². The number of piperazine rings is 1. The quantitative estimate of drug-likeness (QED) is 0.888. The van der Waals surface area contributed by atoms with E-state index in [0.29, 0.717) is 6.42 Å². The molecule has 1 saturated heterocycles. The van der Waals surface area contributed by atoms with E-state index in [1.165, 1.54) is 5.56 Å². The lowest BCUT2D eigenvalue weighted by molar-refractivity contribution is -0.146. The summed E-state index contributed by atoms with van der Waals surface area (Å²) < 4.78 is 0. The number of nitrogens with one attached hydrogen (secondary N) is 1. The maximum Gasteiger partial charge on any atom is 0.245 e. The van der Waals surface area contributed by atoms with E-state index in [2.05, 4.69) is 5.32 Å². The molecule has 0 radical (unpaired) electrons. The van der Waals surface area contributed by atoms with Crippen molar-refractivity contribution in [2.24, 2.45) is 0 Å². The normalized spacial score (nSPS) is 21.2. The Labute approximate surface area is 113 Å². The summed E-state index contributed by atoms with van der Waals surface area (Å²) in [5.41, 5.74) is 1.18. The minimum Gasteiger partial charge on any atom is -0.343 e. The van der Waals surface area contributed by atoms with Crippen molar-refractivity contribution >= 4 is 11.8 Å². The van der Waals surface area contributed by atoms with Gasteiger partial charge in [-0.05, 0) is 25.3 Å². The van der Waals surface area contributed by atoms with Gasteiger partial charge in [-0.15, -0.1) is 0 Å². The minimum atomic E-state index is -0.362. The highest BCUT2D eigenvalue weighted by molar-refractivity contribution is 5.94. The van der Waals surface area contributed by atoms with Gasteiger partial charge < -0.3 is 10.2 Å². The number of hydrogen-bond acceptors (Lipinski definition) is 2. The van der Waals surface area contributed by atoms with Crippen LogP contribution in [0.4, 0.5) is 0 Å². The van der Waals surface area contributed by atoms with Crippen LogP contribution in [0.1, 0.15) is 25.8 Å². The molecule has 102 valence electrons. The Balaban J connectivity index is 2.07. The lowest BCUT2D eigenvalue weighted by Crippen LogP contribution is -2.60. The SMILES string of the molecule is CCC1NC(=O)CN(C(C)Cc2ccccc2)C1=O. The molecule has 0 spiro atoms. The second-order valence-electron chi connectivity index (χ2n) is 5.03. The van der Waals surface area contributed by atoms with E-state index in [9.17, 15) is 9.59 Å². The Kier molecular flexibility index (Phi) is 4.20. The standard InChI is InChI=1S/C15H20N2O2/c1-3-13-15(19)17(10-14(18)16-13)11(2)9-12-7-5-4-6-8-12/h4-8,11,13H,3,9-10H2,1-2H3,(H,16,18). The summed E-state index contributed by atoms with van der Waals surface area (Å²) in [4.78, 5) is 25.6. The van der Waals surface area contributed by atoms with E-state index < -0.39 is 0 Å². The molecule has 1 fully saturated rings. The highest BCUT2D eigenvalue weighted by atomic mass is 16.2. The van der Waals surface area contributed by atoms with Crippen LogP contribution in [-0.2, 0) is 16.0 Å². The maximum atomic E-state index is 12.2. The Morgan fingerprint density at radius 2 is 2.00 bits per heavy atom. The molecule has 0 aromatic heterocycles. The predicted molar refractivity (Wildman–Crippen MR) is 73.5 cm³/mol. The zero-order valence-corrected chi connectivity index (χ0v) is 11.4. The fourth-order valence-electron chi connectivity index (χ4n) is 2.45. The first kappa shape index (κ1) is 13.6. The first-order chi connectivity index (χ1) is 9.11. The van der Waals surface area contributed by atoms with Gasteiger partial charge in [-0.2, -0.15) is 0 Å². The molecule has 2 unspecified atom stereocenters. The Morgan fingerprint density at radius 3 is 2.63 bits per heavy atom. The highest BCUT2D eigenvalue weighted by Gasteiger charge is 2.33. The molecule has 1 heterocycles. The third-order valence-electron chi connectivity index (χ3n) is 3.54. The minimum absolute atomic E-state index is 0.0329.